The number of hydrogen-bond acceptors (Lipinski definition) is 1. The first-order valence-corrected chi connectivity index (χ1v) is 3.80. The highest BCUT2D eigenvalue weighted by Gasteiger charge is 2.20. The summed E-state index contributed by atoms with van der Waals surface area (Å²) in [5.74, 6) is -2.88. The Labute approximate surface area is 55.0 Å². The van der Waals surface area contributed by atoms with Crippen molar-refractivity contribution in [2.24, 2.45) is 5.14 Å². The Balaban J connectivity index is 3.39. The quantitative estimate of drug-likeness (QED) is 0.642. The third kappa shape index (κ3) is 7.97. The molecule has 9 heavy (non-hydrogen) atoms. The SMILES string of the molecule is CC(F)(F)CCS(N)=O. The first-order chi connectivity index (χ1) is 3.92. The Hall–Kier alpha value is -0.0300. The van der Waals surface area contributed by atoms with Crippen LogP contribution in [0.5, 0.6) is 0 Å². The summed E-state index contributed by atoms with van der Waals surface area (Å²) in [5, 5.41) is 4.74. The Kier molecular flexibility index (Phi) is 3.21. The molecule has 0 rings (SSSR count). The summed E-state index contributed by atoms with van der Waals surface area (Å²) in [4.78, 5) is 0. The lowest BCUT2D eigenvalue weighted by molar-refractivity contribution is 0.0191. The molecule has 5 heteroatoms. The summed E-state index contributed by atoms with van der Waals surface area (Å²) in [7, 11) is -1.59. The number of nitrogens with two attached hydrogens (primary N) is 1. The van der Waals surface area contributed by atoms with Crippen LogP contribution in [0.25, 0.3) is 0 Å². The van der Waals surface area contributed by atoms with Crippen LogP contribution in [-0.4, -0.2) is 15.9 Å². The van der Waals surface area contributed by atoms with Crippen LogP contribution in [-0.2, 0) is 11.0 Å². The van der Waals surface area contributed by atoms with E-state index < -0.39 is 23.3 Å². The van der Waals surface area contributed by atoms with Crippen LogP contribution in [0.2, 0.25) is 0 Å². The molecule has 0 aromatic carbocycles. The van der Waals surface area contributed by atoms with E-state index in [4.69, 9.17) is 5.14 Å². The average Bonchev–Trinajstić information content (AvgIpc) is 1.59. The number of rotatable bonds is 3. The van der Waals surface area contributed by atoms with Gasteiger partial charge in [-0.15, -0.1) is 0 Å². The molecular formula is C4H9F2NOS. The van der Waals surface area contributed by atoms with Crippen molar-refractivity contribution in [1.82, 2.24) is 0 Å². The largest absolute Gasteiger partial charge is 0.252 e. The summed E-state index contributed by atoms with van der Waals surface area (Å²) in [6.07, 6.45) is -0.407. The van der Waals surface area contributed by atoms with E-state index in [1.165, 1.54) is 0 Å². The molecule has 0 fully saturated rings. The fourth-order valence-corrected chi connectivity index (χ4v) is 0.839. The van der Waals surface area contributed by atoms with Crippen LogP contribution in [0.15, 0.2) is 0 Å². The first kappa shape index (κ1) is 8.97. The summed E-state index contributed by atoms with van der Waals surface area (Å²) >= 11 is 0. The average molecular weight is 157 g/mol. The van der Waals surface area contributed by atoms with Gasteiger partial charge < -0.3 is 0 Å². The molecule has 0 bridgehead atoms. The zero-order valence-corrected chi connectivity index (χ0v) is 5.88. The van der Waals surface area contributed by atoms with Crippen LogP contribution in [0, 0.1) is 0 Å². The van der Waals surface area contributed by atoms with Crippen molar-refractivity contribution >= 4 is 11.0 Å². The van der Waals surface area contributed by atoms with Crippen LogP contribution in [0.4, 0.5) is 8.78 Å². The summed E-state index contributed by atoms with van der Waals surface area (Å²) < 4.78 is 33.8. The zero-order valence-electron chi connectivity index (χ0n) is 5.06. The minimum Gasteiger partial charge on any atom is -0.252 e. The molecule has 0 radical (unpaired) electrons. The lowest BCUT2D eigenvalue weighted by atomic mass is 10.3. The second-order valence-corrected chi connectivity index (χ2v) is 3.07. The van der Waals surface area contributed by atoms with Gasteiger partial charge in [-0.05, 0) is 6.92 Å². The maximum atomic E-state index is 11.9. The Morgan fingerprint density at radius 2 is 2.11 bits per heavy atom. The number of halogens is 2. The van der Waals surface area contributed by atoms with Gasteiger partial charge >= 0.3 is 0 Å². The summed E-state index contributed by atoms with van der Waals surface area (Å²) in [5.41, 5.74) is 0. The minimum atomic E-state index is -2.74. The molecule has 0 saturated heterocycles. The molecule has 0 aromatic heterocycles. The molecule has 0 amide bonds. The second-order valence-electron chi connectivity index (χ2n) is 1.91. The molecule has 0 aliphatic carbocycles. The molecule has 56 valence electrons. The predicted molar refractivity (Wildman–Crippen MR) is 32.4 cm³/mol. The lowest BCUT2D eigenvalue weighted by Crippen LogP contribution is -2.17. The van der Waals surface area contributed by atoms with Gasteiger partial charge in [0, 0.05) is 12.2 Å². The number of hydrogen-bond donors (Lipinski definition) is 1. The van der Waals surface area contributed by atoms with Crippen molar-refractivity contribution in [3.63, 3.8) is 0 Å². The molecule has 0 aliphatic rings. The van der Waals surface area contributed by atoms with Gasteiger partial charge in [0.15, 0.2) is 0 Å². The van der Waals surface area contributed by atoms with Gasteiger partial charge in [0.2, 0.25) is 5.92 Å². The van der Waals surface area contributed by atoms with E-state index in [2.05, 4.69) is 0 Å². The normalized spacial score (nSPS) is 15.6. The van der Waals surface area contributed by atoms with E-state index in [1.807, 2.05) is 0 Å². The van der Waals surface area contributed by atoms with E-state index in [0.717, 1.165) is 6.92 Å². The van der Waals surface area contributed by atoms with Gasteiger partial charge in [-0.3, -0.25) is 5.14 Å². The maximum absolute atomic E-state index is 11.9. The zero-order chi connectivity index (χ0) is 7.49. The fraction of sp³-hybridized carbons (Fsp3) is 1.00. The van der Waals surface area contributed by atoms with Crippen molar-refractivity contribution in [1.29, 1.82) is 0 Å². The standard InChI is InChI=1S/C4H9F2NOS/c1-4(5,6)2-3-9(7)8/h2-3,7H2,1H3. The highest BCUT2D eigenvalue weighted by molar-refractivity contribution is 7.82. The minimum absolute atomic E-state index is 0.135. The van der Waals surface area contributed by atoms with Crippen molar-refractivity contribution in [2.45, 2.75) is 19.3 Å². The van der Waals surface area contributed by atoms with Crippen LogP contribution in [0.1, 0.15) is 13.3 Å². The Morgan fingerprint density at radius 3 is 2.22 bits per heavy atom. The molecule has 1 atom stereocenters. The molecule has 0 aromatic rings. The molecule has 1 unspecified atom stereocenters. The lowest BCUT2D eigenvalue weighted by Gasteiger charge is -2.06. The van der Waals surface area contributed by atoms with E-state index >= 15 is 0 Å². The van der Waals surface area contributed by atoms with E-state index in [0.29, 0.717) is 0 Å². The Bertz CT molecular complexity index is 112. The monoisotopic (exact) mass is 157 g/mol. The van der Waals surface area contributed by atoms with Crippen molar-refractivity contribution in [2.75, 3.05) is 5.75 Å². The van der Waals surface area contributed by atoms with Gasteiger partial charge in [-0.1, -0.05) is 0 Å². The molecule has 0 saturated carbocycles. The van der Waals surface area contributed by atoms with Gasteiger partial charge in [-0.25, -0.2) is 13.0 Å². The molecule has 0 aliphatic heterocycles. The van der Waals surface area contributed by atoms with Crippen molar-refractivity contribution in [3.8, 4) is 0 Å². The van der Waals surface area contributed by atoms with Crippen LogP contribution >= 0.6 is 0 Å². The third-order valence-electron chi connectivity index (χ3n) is 0.742. The highest BCUT2D eigenvalue weighted by Crippen LogP contribution is 2.15. The maximum Gasteiger partial charge on any atom is 0.246 e. The molecule has 2 N–H and O–H groups in total. The van der Waals surface area contributed by atoms with E-state index in [9.17, 15) is 13.0 Å². The van der Waals surface area contributed by atoms with Gasteiger partial charge in [-0.2, -0.15) is 0 Å². The number of alkyl halides is 2. The van der Waals surface area contributed by atoms with Crippen LogP contribution in [0.3, 0.4) is 0 Å². The molecule has 0 heterocycles. The predicted octanol–water partition coefficient (Wildman–Crippen LogP) is 0.654. The van der Waals surface area contributed by atoms with Gasteiger partial charge in [0.1, 0.15) is 0 Å². The van der Waals surface area contributed by atoms with Gasteiger partial charge in [0.05, 0.1) is 11.0 Å². The van der Waals surface area contributed by atoms with Crippen LogP contribution < -0.4 is 5.14 Å². The third-order valence-corrected chi connectivity index (χ3v) is 1.35. The highest BCUT2D eigenvalue weighted by atomic mass is 32.2. The summed E-state index contributed by atoms with van der Waals surface area (Å²) in [6, 6.07) is 0. The first-order valence-electron chi connectivity index (χ1n) is 2.42. The fourth-order valence-electron chi connectivity index (χ4n) is 0.280. The molecular weight excluding hydrogens is 148 g/mol. The smallest absolute Gasteiger partial charge is 0.246 e. The second kappa shape index (κ2) is 3.22. The molecule has 2 nitrogen and oxygen atoms in total. The van der Waals surface area contributed by atoms with Crippen molar-refractivity contribution in [3.05, 3.63) is 0 Å². The Morgan fingerprint density at radius 1 is 1.67 bits per heavy atom. The van der Waals surface area contributed by atoms with Crippen molar-refractivity contribution < 1.29 is 13.0 Å². The molecule has 0 spiro atoms. The van der Waals surface area contributed by atoms with E-state index in [-0.39, 0.29) is 5.75 Å². The topological polar surface area (TPSA) is 43.1 Å². The van der Waals surface area contributed by atoms with E-state index in [1.54, 1.807) is 0 Å². The summed E-state index contributed by atoms with van der Waals surface area (Å²) in [6.45, 7) is 0.778. The van der Waals surface area contributed by atoms with Gasteiger partial charge in [0.25, 0.3) is 0 Å².